The van der Waals surface area contributed by atoms with E-state index < -0.39 is 0 Å². The van der Waals surface area contributed by atoms with E-state index in [4.69, 9.17) is 21.5 Å². The van der Waals surface area contributed by atoms with Crippen molar-refractivity contribution in [3.8, 4) is 62.1 Å². The molecule has 0 fully saturated rings. The van der Waals surface area contributed by atoms with Crippen LogP contribution in [0.15, 0.2) is 140 Å². The average Bonchev–Trinajstić information content (AvgIpc) is 3.53. The van der Waals surface area contributed by atoms with Gasteiger partial charge in [-0.2, -0.15) is 0 Å². The Morgan fingerprint density at radius 1 is 0.439 bits per heavy atom. The van der Waals surface area contributed by atoms with E-state index in [9.17, 15) is 0 Å². The van der Waals surface area contributed by atoms with Crippen LogP contribution in [0.1, 0.15) is 33.4 Å². The lowest BCUT2D eigenvalue weighted by Gasteiger charge is -2.14. The van der Waals surface area contributed by atoms with E-state index >= 15 is 0 Å². The zero-order valence-electron chi connectivity index (χ0n) is 33.0. The van der Waals surface area contributed by atoms with Gasteiger partial charge in [-0.25, -0.2) is 19.8 Å². The number of rotatable bonds is 6. The standard InChI is InChI=1S/C52H41N5/c1-31-24-33(3)48(34(4)25-31)39-18-22-46-42(28-39)43-29-40(49-35(5)26-32(2)27-36(49)6)19-23-47(43)57(46)41-20-21-45(53-7)44(30-41)52-55-50(37-14-10-8-11-15-37)54-51(56-52)38-16-12-9-13-17-38/h8-30H,1-6H3. The fourth-order valence-corrected chi connectivity index (χ4v) is 8.75. The largest absolute Gasteiger partial charge is 0.309 e. The van der Waals surface area contributed by atoms with Crippen molar-refractivity contribution in [2.75, 3.05) is 0 Å². The Hall–Kier alpha value is -7.16. The third-order valence-electron chi connectivity index (χ3n) is 11.0. The van der Waals surface area contributed by atoms with Crippen LogP contribution in [0.4, 0.5) is 5.69 Å². The highest BCUT2D eigenvalue weighted by Crippen LogP contribution is 2.41. The lowest BCUT2D eigenvalue weighted by molar-refractivity contribution is 1.07. The molecule has 2 heterocycles. The third kappa shape index (κ3) is 6.36. The zero-order valence-corrected chi connectivity index (χ0v) is 33.0. The second kappa shape index (κ2) is 14.2. The summed E-state index contributed by atoms with van der Waals surface area (Å²) in [4.78, 5) is 18.9. The molecule has 0 aliphatic carbocycles. The summed E-state index contributed by atoms with van der Waals surface area (Å²) in [5.41, 5.74) is 18.5. The van der Waals surface area contributed by atoms with Crippen LogP contribution in [0.5, 0.6) is 0 Å². The highest BCUT2D eigenvalue weighted by Gasteiger charge is 2.20. The van der Waals surface area contributed by atoms with Crippen molar-refractivity contribution in [3.63, 3.8) is 0 Å². The van der Waals surface area contributed by atoms with E-state index in [0.717, 1.165) is 27.8 Å². The molecule has 0 radical (unpaired) electrons. The number of hydrogen-bond donors (Lipinski definition) is 0. The van der Waals surface area contributed by atoms with E-state index in [1.807, 2.05) is 72.8 Å². The molecule has 0 aliphatic heterocycles. The summed E-state index contributed by atoms with van der Waals surface area (Å²) in [6.45, 7) is 21.4. The molecule has 7 aromatic carbocycles. The Bertz CT molecular complexity index is 2860. The van der Waals surface area contributed by atoms with Crippen LogP contribution in [0.25, 0.3) is 88.8 Å². The molecule has 0 spiro atoms. The zero-order chi connectivity index (χ0) is 39.4. The van der Waals surface area contributed by atoms with Gasteiger partial charge in [0.15, 0.2) is 23.2 Å². The van der Waals surface area contributed by atoms with Gasteiger partial charge in [0.25, 0.3) is 0 Å². The minimum absolute atomic E-state index is 0.455. The maximum Gasteiger partial charge on any atom is 0.198 e. The van der Waals surface area contributed by atoms with Crippen LogP contribution in [0.3, 0.4) is 0 Å². The molecule has 57 heavy (non-hydrogen) atoms. The van der Waals surface area contributed by atoms with Gasteiger partial charge in [-0.05, 0) is 122 Å². The molecule has 0 saturated heterocycles. The van der Waals surface area contributed by atoms with Crippen LogP contribution < -0.4 is 0 Å². The number of hydrogen-bond acceptors (Lipinski definition) is 3. The molecule has 274 valence electrons. The molecule has 0 saturated carbocycles. The van der Waals surface area contributed by atoms with E-state index in [1.165, 1.54) is 66.4 Å². The maximum absolute atomic E-state index is 8.23. The fourth-order valence-electron chi connectivity index (χ4n) is 8.75. The lowest BCUT2D eigenvalue weighted by Crippen LogP contribution is -2.01. The van der Waals surface area contributed by atoms with Gasteiger partial charge < -0.3 is 4.57 Å². The van der Waals surface area contributed by atoms with Crippen LogP contribution in [0, 0.1) is 48.1 Å². The molecule has 0 bridgehead atoms. The molecule has 0 aliphatic rings. The minimum atomic E-state index is 0.455. The molecule has 5 heteroatoms. The van der Waals surface area contributed by atoms with Gasteiger partial charge in [0.1, 0.15) is 0 Å². The first kappa shape index (κ1) is 35.5. The van der Waals surface area contributed by atoms with Crippen LogP contribution in [-0.2, 0) is 0 Å². The van der Waals surface area contributed by atoms with Gasteiger partial charge in [0.2, 0.25) is 0 Å². The molecule has 0 amide bonds. The Balaban J connectivity index is 1.30. The molecule has 0 unspecified atom stereocenters. The van der Waals surface area contributed by atoms with Crippen molar-refractivity contribution in [1.82, 2.24) is 19.5 Å². The third-order valence-corrected chi connectivity index (χ3v) is 11.0. The second-order valence-electron chi connectivity index (χ2n) is 15.2. The minimum Gasteiger partial charge on any atom is -0.309 e. The van der Waals surface area contributed by atoms with Crippen molar-refractivity contribution in [3.05, 3.63) is 184 Å². The molecule has 5 nitrogen and oxygen atoms in total. The van der Waals surface area contributed by atoms with Gasteiger partial charge in [-0.1, -0.05) is 114 Å². The molecular weight excluding hydrogens is 695 g/mol. The number of aryl methyl sites for hydroxylation is 6. The molecule has 9 aromatic rings. The highest BCUT2D eigenvalue weighted by molar-refractivity contribution is 6.12. The van der Waals surface area contributed by atoms with Crippen LogP contribution >= 0.6 is 0 Å². The molecule has 0 N–H and O–H groups in total. The quantitative estimate of drug-likeness (QED) is 0.160. The summed E-state index contributed by atoms with van der Waals surface area (Å²) in [6, 6.07) is 48.7. The first-order valence-corrected chi connectivity index (χ1v) is 19.3. The lowest BCUT2D eigenvalue weighted by atomic mass is 9.91. The van der Waals surface area contributed by atoms with Crippen molar-refractivity contribution in [2.45, 2.75) is 41.5 Å². The number of aromatic nitrogens is 4. The fraction of sp³-hybridized carbons (Fsp3) is 0.115. The molecule has 9 rings (SSSR count). The summed E-state index contributed by atoms with van der Waals surface area (Å²) in [5, 5.41) is 2.33. The van der Waals surface area contributed by atoms with Gasteiger partial charge in [-0.15, -0.1) is 0 Å². The molecule has 2 aromatic heterocycles. The first-order valence-electron chi connectivity index (χ1n) is 19.3. The predicted molar refractivity (Wildman–Crippen MR) is 236 cm³/mol. The summed E-state index contributed by atoms with van der Waals surface area (Å²) in [6.07, 6.45) is 0. The van der Waals surface area contributed by atoms with Crippen molar-refractivity contribution >= 4 is 27.5 Å². The van der Waals surface area contributed by atoms with Gasteiger partial charge >= 0.3 is 0 Å². The predicted octanol–water partition coefficient (Wildman–Crippen LogP) is 13.7. The topological polar surface area (TPSA) is 48.0 Å². The summed E-state index contributed by atoms with van der Waals surface area (Å²) >= 11 is 0. The number of fused-ring (bicyclic) bond motifs is 3. The number of nitrogens with zero attached hydrogens (tertiary/aromatic N) is 5. The van der Waals surface area contributed by atoms with E-state index in [0.29, 0.717) is 28.7 Å². The average molecular weight is 736 g/mol. The van der Waals surface area contributed by atoms with Gasteiger partial charge in [0.05, 0.1) is 17.6 Å². The normalized spacial score (nSPS) is 11.3. The Morgan fingerprint density at radius 2 is 0.877 bits per heavy atom. The second-order valence-corrected chi connectivity index (χ2v) is 15.2. The smallest absolute Gasteiger partial charge is 0.198 e. The Kier molecular flexibility index (Phi) is 8.83. The molecule has 0 atom stereocenters. The van der Waals surface area contributed by atoms with Gasteiger partial charge in [-0.3, -0.25) is 0 Å². The SMILES string of the molecule is [C-]#[N+]c1ccc(-n2c3ccc(-c4c(C)cc(C)cc4C)cc3c3cc(-c4c(C)cc(C)cc4C)ccc32)cc1-c1nc(-c2ccccc2)nc(-c2ccccc2)n1. The maximum atomic E-state index is 8.23. The monoisotopic (exact) mass is 735 g/mol. The van der Waals surface area contributed by atoms with Crippen LogP contribution in [-0.4, -0.2) is 19.5 Å². The van der Waals surface area contributed by atoms with Crippen molar-refractivity contribution in [1.29, 1.82) is 0 Å². The molecular formula is C52H41N5. The number of benzene rings is 7. The first-order chi connectivity index (χ1) is 27.7. The summed E-state index contributed by atoms with van der Waals surface area (Å²) in [7, 11) is 0. The summed E-state index contributed by atoms with van der Waals surface area (Å²) in [5.74, 6) is 1.57. The van der Waals surface area contributed by atoms with Gasteiger partial charge in [0, 0.05) is 33.2 Å². The summed E-state index contributed by atoms with van der Waals surface area (Å²) < 4.78 is 2.32. The van der Waals surface area contributed by atoms with E-state index in [1.54, 1.807) is 0 Å². The highest BCUT2D eigenvalue weighted by atomic mass is 15.0. The van der Waals surface area contributed by atoms with E-state index in [2.05, 4.69) is 118 Å². The van der Waals surface area contributed by atoms with Crippen LogP contribution in [0.2, 0.25) is 0 Å². The van der Waals surface area contributed by atoms with Crippen molar-refractivity contribution in [2.24, 2.45) is 0 Å². The Morgan fingerprint density at radius 3 is 1.32 bits per heavy atom. The van der Waals surface area contributed by atoms with E-state index in [-0.39, 0.29) is 0 Å². The Labute approximate surface area is 333 Å². The van der Waals surface area contributed by atoms with Crippen molar-refractivity contribution < 1.29 is 0 Å².